The van der Waals surface area contributed by atoms with Crippen LogP contribution in [0.5, 0.6) is 11.5 Å². The summed E-state index contributed by atoms with van der Waals surface area (Å²) in [6.07, 6.45) is 8.31. The van der Waals surface area contributed by atoms with Gasteiger partial charge in [-0.25, -0.2) is 13.2 Å². The maximum atomic E-state index is 15.1. The smallest absolute Gasteiger partial charge is 0.314 e. The Hall–Kier alpha value is -2.76. The first-order valence-electron chi connectivity index (χ1n) is 13.1. The van der Waals surface area contributed by atoms with E-state index in [4.69, 9.17) is 9.47 Å². The standard InChI is InChI=1S/C30H35F3O3/c1-3-4-17-35-23-13-16-27(26(31)18-23)36-30(34)22-11-9-21(10-12-22)25-15-14-24(28(32)29(25)33)20-7-5-19(2)6-8-20/h3,13-16,18-22H,1,4-12,17H2,2H3. The fourth-order valence-corrected chi connectivity index (χ4v) is 5.53. The van der Waals surface area contributed by atoms with Crippen LogP contribution in [0.3, 0.4) is 0 Å². The third kappa shape index (κ3) is 6.13. The molecule has 2 fully saturated rings. The van der Waals surface area contributed by atoms with Gasteiger partial charge < -0.3 is 9.47 Å². The molecule has 0 saturated heterocycles. The van der Waals surface area contributed by atoms with Crippen molar-refractivity contribution in [3.63, 3.8) is 0 Å². The predicted octanol–water partition coefficient (Wildman–Crippen LogP) is 8.23. The Morgan fingerprint density at radius 3 is 2.06 bits per heavy atom. The summed E-state index contributed by atoms with van der Waals surface area (Å²) < 4.78 is 55.2. The lowest BCUT2D eigenvalue weighted by molar-refractivity contribution is -0.140. The highest BCUT2D eigenvalue weighted by atomic mass is 19.2. The zero-order chi connectivity index (χ0) is 25.7. The molecule has 3 nitrogen and oxygen atoms in total. The van der Waals surface area contributed by atoms with Gasteiger partial charge in [0.1, 0.15) is 5.75 Å². The number of carbonyl (C=O) groups is 1. The van der Waals surface area contributed by atoms with Gasteiger partial charge in [0.2, 0.25) is 0 Å². The normalized spacial score (nSPS) is 24.2. The van der Waals surface area contributed by atoms with Crippen molar-refractivity contribution in [3.8, 4) is 11.5 Å². The van der Waals surface area contributed by atoms with Crippen molar-refractivity contribution in [3.05, 3.63) is 71.6 Å². The van der Waals surface area contributed by atoms with Crippen LogP contribution in [0.15, 0.2) is 43.0 Å². The van der Waals surface area contributed by atoms with Crippen molar-refractivity contribution >= 4 is 5.97 Å². The summed E-state index contributed by atoms with van der Waals surface area (Å²) in [5.41, 5.74) is 0.893. The second kappa shape index (κ2) is 12.0. The summed E-state index contributed by atoms with van der Waals surface area (Å²) in [5.74, 6) is -2.22. The fraction of sp³-hybridized carbons (Fsp3) is 0.500. The Bertz CT molecular complexity index is 1070. The summed E-state index contributed by atoms with van der Waals surface area (Å²) >= 11 is 0. The molecule has 0 aliphatic heterocycles. The highest BCUT2D eigenvalue weighted by molar-refractivity contribution is 5.75. The van der Waals surface area contributed by atoms with Gasteiger partial charge in [0.25, 0.3) is 0 Å². The molecule has 0 aromatic heterocycles. The molecule has 0 heterocycles. The van der Waals surface area contributed by atoms with E-state index in [0.717, 1.165) is 25.7 Å². The SMILES string of the molecule is C=CCCOc1ccc(OC(=O)C2CCC(c3ccc(C4CCC(C)CC4)c(F)c3F)CC2)c(F)c1. The van der Waals surface area contributed by atoms with E-state index in [9.17, 15) is 9.18 Å². The molecule has 0 amide bonds. The van der Waals surface area contributed by atoms with E-state index in [1.807, 2.05) is 0 Å². The zero-order valence-corrected chi connectivity index (χ0v) is 20.9. The number of ether oxygens (including phenoxy) is 2. The van der Waals surface area contributed by atoms with Crippen molar-refractivity contribution in [1.82, 2.24) is 0 Å². The first-order valence-corrected chi connectivity index (χ1v) is 13.1. The van der Waals surface area contributed by atoms with E-state index in [1.54, 1.807) is 24.3 Å². The van der Waals surface area contributed by atoms with Gasteiger partial charge in [0.05, 0.1) is 12.5 Å². The third-order valence-electron chi connectivity index (χ3n) is 7.80. The topological polar surface area (TPSA) is 35.5 Å². The molecule has 4 rings (SSSR count). The maximum absolute atomic E-state index is 15.1. The number of carbonyl (C=O) groups excluding carboxylic acids is 1. The van der Waals surface area contributed by atoms with Gasteiger partial charge in [0.15, 0.2) is 23.2 Å². The van der Waals surface area contributed by atoms with E-state index in [0.29, 0.717) is 61.5 Å². The van der Waals surface area contributed by atoms with Gasteiger partial charge in [0, 0.05) is 6.07 Å². The molecule has 194 valence electrons. The lowest BCUT2D eigenvalue weighted by Crippen LogP contribution is -2.26. The number of hydrogen-bond donors (Lipinski definition) is 0. The van der Waals surface area contributed by atoms with Crippen molar-refractivity contribution in [2.75, 3.05) is 6.61 Å². The van der Waals surface area contributed by atoms with Crippen LogP contribution in [0.2, 0.25) is 0 Å². The highest BCUT2D eigenvalue weighted by Gasteiger charge is 2.32. The number of rotatable bonds is 8. The molecule has 2 aromatic carbocycles. The Kier molecular flexibility index (Phi) is 8.76. The molecule has 2 saturated carbocycles. The lowest BCUT2D eigenvalue weighted by Gasteiger charge is -2.29. The molecule has 0 spiro atoms. The van der Waals surface area contributed by atoms with Crippen LogP contribution in [0.25, 0.3) is 0 Å². The van der Waals surface area contributed by atoms with Gasteiger partial charge in [-0.2, -0.15) is 0 Å². The summed E-state index contributed by atoms with van der Waals surface area (Å²) in [4.78, 5) is 12.7. The van der Waals surface area contributed by atoms with E-state index >= 15 is 8.78 Å². The first kappa shape index (κ1) is 26.3. The van der Waals surface area contributed by atoms with Crippen LogP contribution in [0.4, 0.5) is 13.2 Å². The minimum Gasteiger partial charge on any atom is -0.493 e. The van der Waals surface area contributed by atoms with Crippen molar-refractivity contribution < 1.29 is 27.4 Å². The van der Waals surface area contributed by atoms with Crippen LogP contribution >= 0.6 is 0 Å². The monoisotopic (exact) mass is 500 g/mol. The molecule has 0 atom stereocenters. The van der Waals surface area contributed by atoms with E-state index in [-0.39, 0.29) is 17.6 Å². The zero-order valence-electron chi connectivity index (χ0n) is 20.9. The molecule has 0 bridgehead atoms. The maximum Gasteiger partial charge on any atom is 0.314 e. The molecule has 2 aliphatic rings. The number of hydrogen-bond acceptors (Lipinski definition) is 3. The minimum atomic E-state index is -0.741. The largest absolute Gasteiger partial charge is 0.493 e. The van der Waals surface area contributed by atoms with E-state index < -0.39 is 29.3 Å². The predicted molar refractivity (Wildman–Crippen MR) is 134 cm³/mol. The van der Waals surface area contributed by atoms with Gasteiger partial charge >= 0.3 is 5.97 Å². The Balaban J connectivity index is 1.33. The molecular weight excluding hydrogens is 465 g/mol. The summed E-state index contributed by atoms with van der Waals surface area (Å²) in [6.45, 7) is 6.20. The first-order chi connectivity index (χ1) is 17.4. The molecule has 2 aromatic rings. The highest BCUT2D eigenvalue weighted by Crippen LogP contribution is 2.41. The van der Waals surface area contributed by atoms with Crippen LogP contribution in [0.1, 0.15) is 87.7 Å². The van der Waals surface area contributed by atoms with Crippen molar-refractivity contribution in [1.29, 1.82) is 0 Å². The third-order valence-corrected chi connectivity index (χ3v) is 7.80. The second-order valence-electron chi connectivity index (χ2n) is 10.3. The van der Waals surface area contributed by atoms with Gasteiger partial charge in [-0.15, -0.1) is 6.58 Å². The summed E-state index contributed by atoms with van der Waals surface area (Å²) in [7, 11) is 0. The fourth-order valence-electron chi connectivity index (χ4n) is 5.53. The average molecular weight is 501 g/mol. The van der Waals surface area contributed by atoms with Crippen molar-refractivity contribution in [2.45, 2.75) is 76.5 Å². The molecule has 0 unspecified atom stereocenters. The molecule has 6 heteroatoms. The van der Waals surface area contributed by atoms with Gasteiger partial charge in [-0.05, 0) is 86.0 Å². The molecule has 0 N–H and O–H groups in total. The Morgan fingerprint density at radius 1 is 0.917 bits per heavy atom. The van der Waals surface area contributed by atoms with Crippen LogP contribution in [-0.2, 0) is 4.79 Å². The van der Waals surface area contributed by atoms with Gasteiger partial charge in [-0.3, -0.25) is 4.79 Å². The number of benzene rings is 2. The quantitative estimate of drug-likeness (QED) is 0.158. The minimum absolute atomic E-state index is 0.0865. The van der Waals surface area contributed by atoms with Gasteiger partial charge in [-0.1, -0.05) is 38.0 Å². The second-order valence-corrected chi connectivity index (χ2v) is 10.3. The molecule has 36 heavy (non-hydrogen) atoms. The van der Waals surface area contributed by atoms with E-state index in [1.165, 1.54) is 12.1 Å². The van der Waals surface area contributed by atoms with E-state index in [2.05, 4.69) is 13.5 Å². The van der Waals surface area contributed by atoms with Crippen LogP contribution in [-0.4, -0.2) is 12.6 Å². The Labute approximate surface area is 211 Å². The summed E-state index contributed by atoms with van der Waals surface area (Å²) in [6, 6.07) is 7.64. The average Bonchev–Trinajstić information content (AvgIpc) is 2.88. The lowest BCUT2D eigenvalue weighted by atomic mass is 9.76. The van der Waals surface area contributed by atoms with Crippen LogP contribution < -0.4 is 9.47 Å². The molecular formula is C30H35F3O3. The molecule has 0 radical (unpaired) electrons. The summed E-state index contributed by atoms with van der Waals surface area (Å²) in [5, 5.41) is 0. The number of halogens is 3. The van der Waals surface area contributed by atoms with Crippen molar-refractivity contribution in [2.24, 2.45) is 11.8 Å². The van der Waals surface area contributed by atoms with Crippen LogP contribution in [0, 0.1) is 29.3 Å². The Morgan fingerprint density at radius 2 is 1.50 bits per heavy atom. The molecule has 2 aliphatic carbocycles. The number of esters is 1.